The highest BCUT2D eigenvalue weighted by Crippen LogP contribution is 2.20. The molecule has 2 unspecified atom stereocenters. The van der Waals surface area contributed by atoms with Gasteiger partial charge in [0.05, 0.1) is 6.54 Å². The maximum absolute atomic E-state index is 12.4. The third kappa shape index (κ3) is 5.76. The quantitative estimate of drug-likeness (QED) is 0.770. The summed E-state index contributed by atoms with van der Waals surface area (Å²) in [6.45, 7) is 4.15. The Morgan fingerprint density at radius 1 is 1.39 bits per heavy atom. The third-order valence-corrected chi connectivity index (χ3v) is 3.75. The molecule has 0 aliphatic rings. The van der Waals surface area contributed by atoms with E-state index in [0.29, 0.717) is 6.54 Å². The van der Waals surface area contributed by atoms with E-state index in [-0.39, 0.29) is 36.8 Å². The second-order valence-electron chi connectivity index (χ2n) is 5.20. The fourth-order valence-electron chi connectivity index (χ4n) is 1.95. The average molecular weight is 425 g/mol. The number of rotatable bonds is 5. The number of carbonyl (C=O) groups excluding carboxylic acids is 1. The van der Waals surface area contributed by atoms with Gasteiger partial charge in [-0.25, -0.2) is 4.98 Å². The zero-order valence-corrected chi connectivity index (χ0v) is 16.0. The summed E-state index contributed by atoms with van der Waals surface area (Å²) < 4.78 is 2.61. The van der Waals surface area contributed by atoms with E-state index in [1.54, 1.807) is 17.9 Å². The van der Waals surface area contributed by atoms with Crippen LogP contribution in [0.25, 0.3) is 0 Å². The summed E-state index contributed by atoms with van der Waals surface area (Å²) in [5.41, 5.74) is 5.87. The van der Waals surface area contributed by atoms with Crippen LogP contribution in [0.4, 0.5) is 0 Å². The zero-order chi connectivity index (χ0) is 15.5. The van der Waals surface area contributed by atoms with E-state index >= 15 is 0 Å². The molecular weight excluding hydrogens is 405 g/mol. The number of hydrogen-bond acceptors (Lipinski definition) is 4. The van der Waals surface area contributed by atoms with Crippen LogP contribution in [0.5, 0.6) is 0 Å². The molecule has 2 atom stereocenters. The van der Waals surface area contributed by atoms with Crippen LogP contribution in [0.15, 0.2) is 41.4 Å². The Kier molecular flexibility index (Phi) is 8.76. The van der Waals surface area contributed by atoms with Crippen molar-refractivity contribution in [2.24, 2.45) is 5.73 Å². The van der Waals surface area contributed by atoms with Crippen LogP contribution in [-0.2, 0) is 16.9 Å². The van der Waals surface area contributed by atoms with Crippen LogP contribution in [0, 0.1) is 0 Å². The number of hydrogen-bond donors (Lipinski definition) is 2. The van der Waals surface area contributed by atoms with Crippen molar-refractivity contribution in [2.75, 3.05) is 0 Å². The first-order valence-electron chi connectivity index (χ1n) is 6.58. The van der Waals surface area contributed by atoms with Crippen molar-refractivity contribution in [1.29, 1.82) is 0 Å². The summed E-state index contributed by atoms with van der Waals surface area (Å²) in [4.78, 5) is 16.3. The van der Waals surface area contributed by atoms with Crippen molar-refractivity contribution in [3.05, 3.63) is 47.0 Å². The van der Waals surface area contributed by atoms with Gasteiger partial charge in [0, 0.05) is 10.5 Å². The van der Waals surface area contributed by atoms with E-state index in [1.807, 2.05) is 31.2 Å². The molecule has 0 radical (unpaired) electrons. The number of carbonyl (C=O) groups is 1. The van der Waals surface area contributed by atoms with Crippen molar-refractivity contribution in [3.63, 3.8) is 0 Å². The maximum Gasteiger partial charge on any atom is 0.244 e. The first-order chi connectivity index (χ1) is 9.89. The Labute approximate surface area is 156 Å². The summed E-state index contributed by atoms with van der Waals surface area (Å²) in [6.07, 6.45) is 3.07. The summed E-state index contributed by atoms with van der Waals surface area (Å²) in [5.74, 6) is -0.225. The van der Waals surface area contributed by atoms with Gasteiger partial charge in [0.1, 0.15) is 18.2 Å². The summed E-state index contributed by atoms with van der Waals surface area (Å²) in [6, 6.07) is 7.31. The Hall–Kier alpha value is -1.15. The van der Waals surface area contributed by atoms with E-state index in [2.05, 4.69) is 31.3 Å². The van der Waals surface area contributed by atoms with Crippen LogP contribution in [0.3, 0.4) is 0 Å². The molecule has 0 saturated heterocycles. The van der Waals surface area contributed by atoms with Gasteiger partial charge in [0.15, 0.2) is 0 Å². The number of benzene rings is 1. The molecule has 0 fully saturated rings. The lowest BCUT2D eigenvalue weighted by Gasteiger charge is -2.26. The van der Waals surface area contributed by atoms with Gasteiger partial charge in [-0.2, -0.15) is 5.10 Å². The minimum atomic E-state index is -1.09. The molecule has 0 aliphatic carbocycles. The second kappa shape index (κ2) is 9.22. The molecule has 0 aliphatic heterocycles. The summed E-state index contributed by atoms with van der Waals surface area (Å²) in [5, 5.41) is 6.92. The fourth-order valence-corrected chi connectivity index (χ4v) is 2.22. The van der Waals surface area contributed by atoms with Crippen LogP contribution < -0.4 is 11.1 Å². The van der Waals surface area contributed by atoms with Crippen LogP contribution in [0.1, 0.15) is 19.4 Å². The van der Waals surface area contributed by atoms with Gasteiger partial charge < -0.3 is 11.1 Å². The van der Waals surface area contributed by atoms with Gasteiger partial charge in [0.2, 0.25) is 5.91 Å². The molecule has 128 valence electrons. The molecule has 0 saturated carbocycles. The highest BCUT2D eigenvalue weighted by Gasteiger charge is 2.31. The van der Waals surface area contributed by atoms with Gasteiger partial charge in [-0.3, -0.25) is 9.48 Å². The molecular formula is C14H20BrCl2N5O. The Balaban J connectivity index is 0.00000242. The minimum absolute atomic E-state index is 0. The molecule has 2 aromatic rings. The molecule has 1 aromatic heterocycles. The molecule has 0 spiro atoms. The van der Waals surface area contributed by atoms with E-state index in [9.17, 15) is 4.79 Å². The van der Waals surface area contributed by atoms with Crippen LogP contribution >= 0.6 is 40.7 Å². The van der Waals surface area contributed by atoms with E-state index in [0.717, 1.165) is 10.0 Å². The zero-order valence-electron chi connectivity index (χ0n) is 12.8. The monoisotopic (exact) mass is 423 g/mol. The second-order valence-corrected chi connectivity index (χ2v) is 6.12. The van der Waals surface area contributed by atoms with Gasteiger partial charge in [0.25, 0.3) is 0 Å². The molecule has 3 N–H and O–H groups in total. The molecule has 23 heavy (non-hydrogen) atoms. The third-order valence-electron chi connectivity index (χ3n) is 3.22. The number of aromatic nitrogens is 3. The molecule has 0 bridgehead atoms. The highest BCUT2D eigenvalue weighted by atomic mass is 79.9. The van der Waals surface area contributed by atoms with E-state index < -0.39 is 5.54 Å². The predicted octanol–water partition coefficient (Wildman–Crippen LogP) is 2.26. The summed E-state index contributed by atoms with van der Waals surface area (Å²) >= 11 is 3.37. The molecule has 1 aromatic carbocycles. The standard InChI is InChI=1S/C14H18BrN5O.2ClH/c1-10(7-20-9-17-8-18-20)19-13(21)14(2,16)11-3-5-12(15)6-4-11;;/h3-6,8-10H,7,16H2,1-2H3,(H,19,21);2*1H. The Morgan fingerprint density at radius 2 is 2.00 bits per heavy atom. The minimum Gasteiger partial charge on any atom is -0.350 e. The maximum atomic E-state index is 12.4. The smallest absolute Gasteiger partial charge is 0.244 e. The van der Waals surface area contributed by atoms with Crippen molar-refractivity contribution in [2.45, 2.75) is 32.0 Å². The van der Waals surface area contributed by atoms with Crippen molar-refractivity contribution in [1.82, 2.24) is 20.1 Å². The molecule has 6 nitrogen and oxygen atoms in total. The largest absolute Gasteiger partial charge is 0.350 e. The average Bonchev–Trinajstić information content (AvgIpc) is 2.91. The molecule has 9 heteroatoms. The number of nitrogens with two attached hydrogens (primary N) is 1. The fraction of sp³-hybridized carbons (Fsp3) is 0.357. The first-order valence-corrected chi connectivity index (χ1v) is 7.37. The van der Waals surface area contributed by atoms with E-state index in [1.165, 1.54) is 6.33 Å². The summed E-state index contributed by atoms with van der Waals surface area (Å²) in [7, 11) is 0. The van der Waals surface area contributed by atoms with Crippen molar-refractivity contribution in [3.8, 4) is 0 Å². The topological polar surface area (TPSA) is 85.8 Å². The van der Waals surface area contributed by atoms with Gasteiger partial charge in [-0.05, 0) is 31.5 Å². The lowest BCUT2D eigenvalue weighted by atomic mass is 9.92. The van der Waals surface area contributed by atoms with Crippen molar-refractivity contribution < 1.29 is 4.79 Å². The number of amides is 1. The predicted molar refractivity (Wildman–Crippen MR) is 97.8 cm³/mol. The Bertz CT molecular complexity index is 604. The normalized spacial score (nSPS) is 13.9. The lowest BCUT2D eigenvalue weighted by Crippen LogP contribution is -2.52. The number of nitrogens with zero attached hydrogens (tertiary/aromatic N) is 3. The van der Waals surface area contributed by atoms with E-state index in [4.69, 9.17) is 5.73 Å². The van der Waals surface area contributed by atoms with Crippen molar-refractivity contribution >= 4 is 46.7 Å². The van der Waals surface area contributed by atoms with Gasteiger partial charge >= 0.3 is 0 Å². The number of nitrogens with one attached hydrogen (secondary N) is 1. The lowest BCUT2D eigenvalue weighted by molar-refractivity contribution is -0.126. The number of halogens is 3. The first kappa shape index (κ1) is 21.9. The SMILES string of the molecule is CC(Cn1cncn1)NC(=O)C(C)(N)c1ccc(Br)cc1.Cl.Cl. The molecule has 1 amide bonds. The molecule has 2 rings (SSSR count). The van der Waals surface area contributed by atoms with Crippen LogP contribution in [0.2, 0.25) is 0 Å². The highest BCUT2D eigenvalue weighted by molar-refractivity contribution is 9.10. The molecule has 1 heterocycles. The van der Waals surface area contributed by atoms with Gasteiger partial charge in [-0.1, -0.05) is 28.1 Å². The van der Waals surface area contributed by atoms with Crippen LogP contribution in [-0.4, -0.2) is 26.7 Å². The Morgan fingerprint density at radius 3 is 2.52 bits per heavy atom. The van der Waals surface area contributed by atoms with Gasteiger partial charge in [-0.15, -0.1) is 24.8 Å².